The number of amides is 1. The summed E-state index contributed by atoms with van der Waals surface area (Å²) in [5.74, 6) is 1.01. The predicted octanol–water partition coefficient (Wildman–Crippen LogP) is 3.70. The van der Waals surface area contributed by atoms with E-state index in [1.54, 1.807) is 16.2 Å². The third-order valence-electron chi connectivity index (χ3n) is 4.93. The summed E-state index contributed by atoms with van der Waals surface area (Å²) in [5.41, 5.74) is -0.141. The molecule has 0 unspecified atom stereocenters. The second-order valence-electron chi connectivity index (χ2n) is 7.02. The standard InChI is InChI=1S/C20H19F3N4O2S/c21-20(22,23)15-5-3-14(4-6-15)12-18(28)27-9-7-26(8-10-27)13-17-24-19(25-29-17)16-2-1-11-30-16/h1-6,11H,7-10,12-13H2. The summed E-state index contributed by atoms with van der Waals surface area (Å²) in [5, 5.41) is 5.95. The van der Waals surface area contributed by atoms with Crippen LogP contribution in [0.15, 0.2) is 46.3 Å². The minimum absolute atomic E-state index is 0.0893. The molecule has 1 aliphatic rings. The molecule has 0 bridgehead atoms. The molecule has 1 aliphatic heterocycles. The van der Waals surface area contributed by atoms with Crippen molar-refractivity contribution in [1.82, 2.24) is 19.9 Å². The normalized spacial score (nSPS) is 15.5. The van der Waals surface area contributed by atoms with Gasteiger partial charge < -0.3 is 9.42 Å². The lowest BCUT2D eigenvalue weighted by molar-refractivity contribution is -0.137. The predicted molar refractivity (Wildman–Crippen MR) is 105 cm³/mol. The molecule has 30 heavy (non-hydrogen) atoms. The van der Waals surface area contributed by atoms with Crippen molar-refractivity contribution in [3.8, 4) is 10.7 Å². The number of nitrogens with zero attached hydrogens (tertiary/aromatic N) is 4. The average molecular weight is 436 g/mol. The van der Waals surface area contributed by atoms with Gasteiger partial charge in [0, 0.05) is 26.2 Å². The Balaban J connectivity index is 1.26. The van der Waals surface area contributed by atoms with Crippen molar-refractivity contribution < 1.29 is 22.5 Å². The summed E-state index contributed by atoms with van der Waals surface area (Å²) in [6.45, 7) is 2.93. The Morgan fingerprint density at radius 1 is 1.10 bits per heavy atom. The van der Waals surface area contributed by atoms with Gasteiger partial charge in [0.15, 0.2) is 0 Å². The van der Waals surface area contributed by atoms with Crippen LogP contribution in [0, 0.1) is 0 Å². The molecule has 0 aliphatic carbocycles. The smallest absolute Gasteiger partial charge is 0.340 e. The molecule has 0 atom stereocenters. The fourth-order valence-corrected chi connectivity index (χ4v) is 3.92. The van der Waals surface area contributed by atoms with Crippen LogP contribution >= 0.6 is 11.3 Å². The van der Waals surface area contributed by atoms with Gasteiger partial charge in [0.25, 0.3) is 0 Å². The van der Waals surface area contributed by atoms with Crippen molar-refractivity contribution in [2.75, 3.05) is 26.2 Å². The highest BCUT2D eigenvalue weighted by Gasteiger charge is 2.30. The maximum Gasteiger partial charge on any atom is 0.416 e. The molecule has 0 saturated carbocycles. The molecular weight excluding hydrogens is 417 g/mol. The molecule has 3 heterocycles. The highest BCUT2D eigenvalue weighted by Crippen LogP contribution is 2.29. The number of rotatable bonds is 5. The van der Waals surface area contributed by atoms with Gasteiger partial charge in [-0.15, -0.1) is 11.3 Å². The van der Waals surface area contributed by atoms with E-state index in [1.165, 1.54) is 12.1 Å². The number of hydrogen-bond acceptors (Lipinski definition) is 6. The van der Waals surface area contributed by atoms with Crippen molar-refractivity contribution in [1.29, 1.82) is 0 Å². The zero-order valence-electron chi connectivity index (χ0n) is 15.9. The molecule has 4 rings (SSSR count). The number of carbonyl (C=O) groups excluding carboxylic acids is 1. The minimum atomic E-state index is -4.37. The number of thiophene rings is 1. The molecule has 1 aromatic carbocycles. The van der Waals surface area contributed by atoms with Crippen LogP contribution in [0.3, 0.4) is 0 Å². The van der Waals surface area contributed by atoms with E-state index in [1.807, 2.05) is 17.5 Å². The molecule has 3 aromatic rings. The molecule has 2 aromatic heterocycles. The van der Waals surface area contributed by atoms with Crippen LogP contribution in [-0.2, 0) is 23.9 Å². The molecule has 1 saturated heterocycles. The van der Waals surface area contributed by atoms with Gasteiger partial charge in [0.1, 0.15) is 0 Å². The first kappa shape index (κ1) is 20.5. The van der Waals surface area contributed by atoms with Crippen LogP contribution in [0.1, 0.15) is 17.0 Å². The fourth-order valence-electron chi connectivity index (χ4n) is 3.27. The third kappa shape index (κ3) is 4.88. The lowest BCUT2D eigenvalue weighted by atomic mass is 10.1. The Kier molecular flexibility index (Phi) is 5.87. The lowest BCUT2D eigenvalue weighted by Crippen LogP contribution is -2.48. The van der Waals surface area contributed by atoms with E-state index < -0.39 is 11.7 Å². The zero-order valence-corrected chi connectivity index (χ0v) is 16.7. The van der Waals surface area contributed by atoms with Crippen LogP contribution < -0.4 is 0 Å². The highest BCUT2D eigenvalue weighted by atomic mass is 32.1. The van der Waals surface area contributed by atoms with Gasteiger partial charge >= 0.3 is 6.18 Å². The first-order valence-corrected chi connectivity index (χ1v) is 10.3. The molecule has 1 amide bonds. The number of benzene rings is 1. The fraction of sp³-hybridized carbons (Fsp3) is 0.350. The van der Waals surface area contributed by atoms with E-state index in [0.717, 1.165) is 17.0 Å². The van der Waals surface area contributed by atoms with Gasteiger partial charge in [-0.2, -0.15) is 18.2 Å². The van der Waals surface area contributed by atoms with Gasteiger partial charge in [-0.1, -0.05) is 23.4 Å². The zero-order chi connectivity index (χ0) is 21.1. The Bertz CT molecular complexity index is 978. The SMILES string of the molecule is O=C(Cc1ccc(C(F)(F)F)cc1)N1CCN(Cc2nc(-c3cccs3)no2)CC1. The maximum absolute atomic E-state index is 12.6. The van der Waals surface area contributed by atoms with Crippen LogP contribution in [0.4, 0.5) is 13.2 Å². The summed E-state index contributed by atoms with van der Waals surface area (Å²) in [4.78, 5) is 21.7. The minimum Gasteiger partial charge on any atom is -0.340 e. The molecule has 0 spiro atoms. The first-order chi connectivity index (χ1) is 14.4. The van der Waals surface area contributed by atoms with Gasteiger partial charge in [-0.3, -0.25) is 9.69 Å². The van der Waals surface area contributed by atoms with Crippen LogP contribution in [0.25, 0.3) is 10.7 Å². The number of aromatic nitrogens is 2. The molecule has 0 radical (unpaired) electrons. The monoisotopic (exact) mass is 436 g/mol. The number of piperazine rings is 1. The number of halogens is 3. The largest absolute Gasteiger partial charge is 0.416 e. The van der Waals surface area contributed by atoms with E-state index in [2.05, 4.69) is 15.0 Å². The quantitative estimate of drug-likeness (QED) is 0.610. The molecule has 0 N–H and O–H groups in total. The van der Waals surface area contributed by atoms with Crippen molar-refractivity contribution in [2.24, 2.45) is 0 Å². The molecular formula is C20H19F3N4O2S. The highest BCUT2D eigenvalue weighted by molar-refractivity contribution is 7.13. The van der Waals surface area contributed by atoms with Gasteiger partial charge in [-0.05, 0) is 29.1 Å². The first-order valence-electron chi connectivity index (χ1n) is 9.41. The van der Waals surface area contributed by atoms with E-state index in [0.29, 0.717) is 50.0 Å². The Labute approximate surface area is 174 Å². The molecule has 1 fully saturated rings. The Morgan fingerprint density at radius 3 is 2.47 bits per heavy atom. The van der Waals surface area contributed by atoms with Crippen LogP contribution in [0.5, 0.6) is 0 Å². The van der Waals surface area contributed by atoms with E-state index in [9.17, 15) is 18.0 Å². The molecule has 158 valence electrons. The lowest BCUT2D eigenvalue weighted by Gasteiger charge is -2.34. The third-order valence-corrected chi connectivity index (χ3v) is 5.80. The summed E-state index contributed by atoms with van der Waals surface area (Å²) >= 11 is 1.54. The van der Waals surface area contributed by atoms with Crippen LogP contribution in [0.2, 0.25) is 0 Å². The summed E-state index contributed by atoms with van der Waals surface area (Å²) in [6, 6.07) is 8.59. The van der Waals surface area contributed by atoms with Gasteiger partial charge in [0.2, 0.25) is 17.6 Å². The molecule has 10 heteroatoms. The number of alkyl halides is 3. The summed E-state index contributed by atoms with van der Waals surface area (Å²) in [7, 11) is 0. The van der Waals surface area contributed by atoms with E-state index in [-0.39, 0.29) is 12.3 Å². The van der Waals surface area contributed by atoms with Gasteiger partial charge in [-0.25, -0.2) is 0 Å². The van der Waals surface area contributed by atoms with Crippen molar-refractivity contribution >= 4 is 17.2 Å². The maximum atomic E-state index is 12.6. The second-order valence-corrected chi connectivity index (χ2v) is 7.97. The summed E-state index contributed by atoms with van der Waals surface area (Å²) in [6.07, 6.45) is -4.28. The van der Waals surface area contributed by atoms with E-state index >= 15 is 0 Å². The average Bonchev–Trinajstić information content (AvgIpc) is 3.40. The second kappa shape index (κ2) is 8.57. The topological polar surface area (TPSA) is 62.5 Å². The van der Waals surface area contributed by atoms with Crippen LogP contribution in [-0.4, -0.2) is 52.0 Å². The summed E-state index contributed by atoms with van der Waals surface area (Å²) < 4.78 is 43.3. The van der Waals surface area contributed by atoms with Crippen molar-refractivity contribution in [3.63, 3.8) is 0 Å². The van der Waals surface area contributed by atoms with Gasteiger partial charge in [0.05, 0.1) is 23.4 Å². The van der Waals surface area contributed by atoms with E-state index in [4.69, 9.17) is 4.52 Å². The Hall–Kier alpha value is -2.72. The molecule has 6 nitrogen and oxygen atoms in total. The van der Waals surface area contributed by atoms with Crippen molar-refractivity contribution in [2.45, 2.75) is 19.1 Å². The number of hydrogen-bond donors (Lipinski definition) is 0. The Morgan fingerprint density at radius 2 is 1.83 bits per heavy atom. The van der Waals surface area contributed by atoms with Crippen molar-refractivity contribution in [3.05, 3.63) is 58.8 Å². The number of carbonyl (C=O) groups is 1.